The molecular weight excluding hydrogens is 246 g/mol. The summed E-state index contributed by atoms with van der Waals surface area (Å²) in [5.74, 6) is -1.05. The number of amides is 1. The lowest BCUT2D eigenvalue weighted by Gasteiger charge is -2.40. The zero-order valence-electron chi connectivity index (χ0n) is 10.1. The molecular formula is C10H17NO7. The summed E-state index contributed by atoms with van der Waals surface area (Å²) in [6.07, 6.45) is -5.35. The molecule has 0 aromatic rings. The van der Waals surface area contributed by atoms with Crippen molar-refractivity contribution in [2.24, 2.45) is 0 Å². The molecule has 1 unspecified atom stereocenters. The molecule has 1 saturated heterocycles. The van der Waals surface area contributed by atoms with Crippen molar-refractivity contribution in [3.05, 3.63) is 0 Å². The Bertz CT molecular complexity index is 319. The van der Waals surface area contributed by atoms with E-state index >= 15 is 0 Å². The number of rotatable bonds is 3. The van der Waals surface area contributed by atoms with Crippen LogP contribution in [0.2, 0.25) is 0 Å². The van der Waals surface area contributed by atoms with E-state index in [1.807, 2.05) is 0 Å². The van der Waals surface area contributed by atoms with Gasteiger partial charge in [0.1, 0.15) is 31.0 Å². The molecule has 0 aliphatic carbocycles. The molecule has 0 aromatic heterocycles. The first-order chi connectivity index (χ1) is 8.32. The molecule has 0 aromatic carbocycles. The molecule has 1 amide bonds. The number of aliphatic hydroxyl groups excluding tert-OH is 3. The topological polar surface area (TPSA) is 125 Å². The summed E-state index contributed by atoms with van der Waals surface area (Å²) in [5, 5.41) is 31.3. The molecule has 0 bridgehead atoms. The number of hydrogen-bond donors (Lipinski definition) is 4. The monoisotopic (exact) mass is 263 g/mol. The third-order valence-electron chi connectivity index (χ3n) is 2.54. The van der Waals surface area contributed by atoms with Crippen LogP contribution in [0.3, 0.4) is 0 Å². The average Bonchev–Trinajstić information content (AvgIpc) is 2.27. The van der Waals surface area contributed by atoms with Gasteiger partial charge in [0.2, 0.25) is 5.91 Å². The molecule has 5 atom stereocenters. The van der Waals surface area contributed by atoms with E-state index in [9.17, 15) is 24.9 Å². The third kappa shape index (κ3) is 3.64. The van der Waals surface area contributed by atoms with E-state index in [1.165, 1.54) is 13.8 Å². The van der Waals surface area contributed by atoms with Crippen molar-refractivity contribution in [3.8, 4) is 0 Å². The van der Waals surface area contributed by atoms with Crippen LogP contribution in [0.15, 0.2) is 0 Å². The first-order valence-electron chi connectivity index (χ1n) is 5.43. The Balaban J connectivity index is 2.64. The minimum Gasteiger partial charge on any atom is -0.463 e. The molecule has 0 saturated carbocycles. The molecule has 1 heterocycles. The van der Waals surface area contributed by atoms with Crippen LogP contribution in [-0.2, 0) is 19.1 Å². The van der Waals surface area contributed by atoms with Crippen LogP contribution in [0, 0.1) is 0 Å². The van der Waals surface area contributed by atoms with Gasteiger partial charge in [-0.2, -0.15) is 0 Å². The zero-order valence-corrected chi connectivity index (χ0v) is 10.1. The lowest BCUT2D eigenvalue weighted by molar-refractivity contribution is -0.255. The second-order valence-electron chi connectivity index (χ2n) is 4.08. The van der Waals surface area contributed by atoms with Gasteiger partial charge in [0.15, 0.2) is 6.29 Å². The van der Waals surface area contributed by atoms with Crippen molar-refractivity contribution in [1.29, 1.82) is 0 Å². The summed E-state index contributed by atoms with van der Waals surface area (Å²) >= 11 is 0. The Morgan fingerprint density at radius 3 is 2.33 bits per heavy atom. The van der Waals surface area contributed by atoms with Crippen LogP contribution in [0.5, 0.6) is 0 Å². The molecule has 8 heteroatoms. The highest BCUT2D eigenvalue weighted by molar-refractivity contribution is 5.73. The van der Waals surface area contributed by atoms with Gasteiger partial charge in [0.25, 0.3) is 0 Å². The predicted octanol–water partition coefficient (Wildman–Crippen LogP) is -2.51. The van der Waals surface area contributed by atoms with E-state index in [2.05, 4.69) is 10.1 Å². The highest BCUT2D eigenvalue weighted by Crippen LogP contribution is 2.20. The van der Waals surface area contributed by atoms with E-state index in [0.29, 0.717) is 0 Å². The fourth-order valence-electron chi connectivity index (χ4n) is 1.67. The van der Waals surface area contributed by atoms with Gasteiger partial charge >= 0.3 is 5.97 Å². The predicted molar refractivity (Wildman–Crippen MR) is 57.1 cm³/mol. The lowest BCUT2D eigenvalue weighted by Crippen LogP contribution is -2.64. The molecule has 18 heavy (non-hydrogen) atoms. The largest absolute Gasteiger partial charge is 0.463 e. The first-order valence-corrected chi connectivity index (χ1v) is 5.43. The van der Waals surface area contributed by atoms with E-state index < -0.39 is 42.5 Å². The van der Waals surface area contributed by atoms with Crippen LogP contribution in [-0.4, -0.2) is 64.4 Å². The maximum Gasteiger partial charge on any atom is 0.302 e. The normalized spacial score (nSPS) is 35.9. The molecule has 4 N–H and O–H groups in total. The van der Waals surface area contributed by atoms with Gasteiger partial charge in [0, 0.05) is 13.8 Å². The minimum absolute atomic E-state index is 0.294. The van der Waals surface area contributed by atoms with Crippen LogP contribution in [0.4, 0.5) is 0 Å². The maximum atomic E-state index is 10.9. The second kappa shape index (κ2) is 6.10. The number of carbonyl (C=O) groups excluding carboxylic acids is 2. The Morgan fingerprint density at radius 1 is 1.22 bits per heavy atom. The highest BCUT2D eigenvalue weighted by atomic mass is 16.6. The molecule has 1 rings (SSSR count). The van der Waals surface area contributed by atoms with Crippen molar-refractivity contribution in [2.75, 3.05) is 6.61 Å². The molecule has 104 valence electrons. The Labute approximate surface area is 104 Å². The lowest BCUT2D eigenvalue weighted by atomic mass is 9.97. The number of hydrogen-bond acceptors (Lipinski definition) is 7. The average molecular weight is 263 g/mol. The molecule has 0 spiro atoms. The summed E-state index contributed by atoms with van der Waals surface area (Å²) in [6, 6.07) is -1.13. The van der Waals surface area contributed by atoms with Gasteiger partial charge < -0.3 is 30.1 Å². The van der Waals surface area contributed by atoms with Gasteiger partial charge in [-0.05, 0) is 0 Å². The van der Waals surface area contributed by atoms with Crippen molar-refractivity contribution < 1.29 is 34.4 Å². The SMILES string of the molecule is CC(=O)N[C@@H]1C(O)O[C@H](COC(C)=O)[C@@H](O)[C@@H]1O. The standard InChI is InChI=1S/C10H17NO7/c1-4(12)11-7-9(15)8(14)6(18-10(7)16)3-17-5(2)13/h6-10,14-16H,3H2,1-2H3,(H,11,12)/t6-,7+,8-,9-,10?/m1/s1. The molecule has 1 aliphatic rings. The third-order valence-corrected chi connectivity index (χ3v) is 2.54. The number of aliphatic hydroxyl groups is 3. The van der Waals surface area contributed by atoms with Gasteiger partial charge in [0.05, 0.1) is 0 Å². The smallest absolute Gasteiger partial charge is 0.302 e. The highest BCUT2D eigenvalue weighted by Gasteiger charge is 2.44. The zero-order chi connectivity index (χ0) is 13.9. The van der Waals surface area contributed by atoms with Crippen LogP contribution in [0.25, 0.3) is 0 Å². The molecule has 0 radical (unpaired) electrons. The Kier molecular flexibility index (Phi) is 5.03. The Hall–Kier alpha value is -1.22. The number of esters is 1. The second-order valence-corrected chi connectivity index (χ2v) is 4.08. The van der Waals surface area contributed by atoms with Crippen LogP contribution in [0.1, 0.15) is 13.8 Å². The fourth-order valence-corrected chi connectivity index (χ4v) is 1.67. The molecule has 1 fully saturated rings. The molecule has 1 aliphatic heterocycles. The van der Waals surface area contributed by atoms with E-state index in [1.54, 1.807) is 0 Å². The van der Waals surface area contributed by atoms with Crippen molar-refractivity contribution in [1.82, 2.24) is 5.32 Å². The fraction of sp³-hybridized carbons (Fsp3) is 0.800. The Morgan fingerprint density at radius 2 is 1.83 bits per heavy atom. The summed E-state index contributed by atoms with van der Waals surface area (Å²) < 4.78 is 9.62. The summed E-state index contributed by atoms with van der Waals surface area (Å²) in [6.45, 7) is 2.09. The minimum atomic E-state index is -1.49. The number of carbonyl (C=O) groups is 2. The summed E-state index contributed by atoms with van der Waals surface area (Å²) in [4.78, 5) is 21.5. The van der Waals surface area contributed by atoms with E-state index in [0.717, 1.165) is 0 Å². The van der Waals surface area contributed by atoms with E-state index in [4.69, 9.17) is 4.74 Å². The maximum absolute atomic E-state index is 10.9. The number of ether oxygens (including phenoxy) is 2. The van der Waals surface area contributed by atoms with Gasteiger partial charge in [-0.1, -0.05) is 0 Å². The summed E-state index contributed by atoms with van der Waals surface area (Å²) in [7, 11) is 0. The van der Waals surface area contributed by atoms with Crippen LogP contribution < -0.4 is 5.32 Å². The summed E-state index contributed by atoms with van der Waals surface area (Å²) in [5.41, 5.74) is 0. The first kappa shape index (κ1) is 14.8. The van der Waals surface area contributed by atoms with Gasteiger partial charge in [-0.3, -0.25) is 9.59 Å². The van der Waals surface area contributed by atoms with Gasteiger partial charge in [-0.25, -0.2) is 0 Å². The van der Waals surface area contributed by atoms with Crippen molar-refractivity contribution in [2.45, 2.75) is 44.5 Å². The number of nitrogens with one attached hydrogen (secondary N) is 1. The van der Waals surface area contributed by atoms with E-state index in [-0.39, 0.29) is 6.61 Å². The van der Waals surface area contributed by atoms with Crippen LogP contribution >= 0.6 is 0 Å². The quantitative estimate of drug-likeness (QED) is 0.414. The van der Waals surface area contributed by atoms with Crippen molar-refractivity contribution >= 4 is 11.9 Å². The van der Waals surface area contributed by atoms with Crippen molar-refractivity contribution in [3.63, 3.8) is 0 Å². The molecule has 8 nitrogen and oxygen atoms in total. The van der Waals surface area contributed by atoms with Gasteiger partial charge in [-0.15, -0.1) is 0 Å².